The molecule has 1 aliphatic carbocycles. The Bertz CT molecular complexity index is 302. The van der Waals surface area contributed by atoms with Gasteiger partial charge in [0, 0.05) is 11.5 Å². The van der Waals surface area contributed by atoms with Gasteiger partial charge in [-0.05, 0) is 30.5 Å². The summed E-state index contributed by atoms with van der Waals surface area (Å²) in [5, 5.41) is 0. The molecular weight excluding hydrogens is 165 g/mol. The molecular formula is C11H14FN. The van der Waals surface area contributed by atoms with Crippen LogP contribution in [-0.2, 0) is 5.41 Å². The van der Waals surface area contributed by atoms with Crippen molar-refractivity contribution in [2.45, 2.75) is 31.2 Å². The molecule has 2 unspecified atom stereocenters. The van der Waals surface area contributed by atoms with Crippen LogP contribution in [0.3, 0.4) is 0 Å². The van der Waals surface area contributed by atoms with Gasteiger partial charge in [0.15, 0.2) is 0 Å². The molecule has 1 fully saturated rings. The van der Waals surface area contributed by atoms with E-state index in [1.165, 1.54) is 17.7 Å². The number of hydrogen-bond acceptors (Lipinski definition) is 1. The lowest BCUT2D eigenvalue weighted by Gasteiger charge is -2.13. The highest BCUT2D eigenvalue weighted by molar-refractivity contribution is 5.35. The summed E-state index contributed by atoms with van der Waals surface area (Å²) in [6.07, 6.45) is 2.08. The van der Waals surface area contributed by atoms with Gasteiger partial charge in [-0.1, -0.05) is 19.1 Å². The first-order chi connectivity index (χ1) is 6.19. The van der Waals surface area contributed by atoms with E-state index >= 15 is 0 Å². The van der Waals surface area contributed by atoms with Gasteiger partial charge in [0.1, 0.15) is 5.82 Å². The van der Waals surface area contributed by atoms with Gasteiger partial charge in [0.2, 0.25) is 0 Å². The standard InChI is InChI=1S/C11H14FN/c1-2-11(7-10(11)13)8-3-5-9(12)6-4-8/h3-6,10H,2,7,13H2,1H3. The normalized spacial score (nSPS) is 31.8. The zero-order valence-electron chi connectivity index (χ0n) is 7.76. The van der Waals surface area contributed by atoms with Crippen molar-refractivity contribution in [3.05, 3.63) is 35.6 Å². The van der Waals surface area contributed by atoms with Crippen molar-refractivity contribution in [1.29, 1.82) is 0 Å². The molecule has 0 saturated heterocycles. The molecule has 0 amide bonds. The maximum Gasteiger partial charge on any atom is 0.123 e. The molecule has 1 nitrogen and oxygen atoms in total. The fourth-order valence-corrected chi connectivity index (χ4v) is 2.06. The third-order valence-electron chi connectivity index (χ3n) is 3.18. The number of nitrogens with two attached hydrogens (primary N) is 1. The lowest BCUT2D eigenvalue weighted by atomic mass is 9.92. The smallest absolute Gasteiger partial charge is 0.123 e. The van der Waals surface area contributed by atoms with Crippen LogP contribution in [0.25, 0.3) is 0 Å². The van der Waals surface area contributed by atoms with E-state index in [-0.39, 0.29) is 17.3 Å². The Kier molecular flexibility index (Phi) is 1.88. The van der Waals surface area contributed by atoms with Crippen molar-refractivity contribution < 1.29 is 4.39 Å². The molecule has 0 bridgehead atoms. The SMILES string of the molecule is CCC1(c2ccc(F)cc2)CC1N. The monoisotopic (exact) mass is 179 g/mol. The molecule has 0 radical (unpaired) electrons. The summed E-state index contributed by atoms with van der Waals surface area (Å²) in [5.74, 6) is -0.177. The molecule has 1 aliphatic rings. The second-order valence-electron chi connectivity index (χ2n) is 3.83. The predicted molar refractivity (Wildman–Crippen MR) is 51.0 cm³/mol. The summed E-state index contributed by atoms with van der Waals surface area (Å²) in [6, 6.07) is 7.00. The highest BCUT2D eigenvalue weighted by Gasteiger charge is 2.51. The molecule has 0 spiro atoms. The maximum absolute atomic E-state index is 12.7. The topological polar surface area (TPSA) is 26.0 Å². The molecule has 2 atom stereocenters. The van der Waals surface area contributed by atoms with E-state index in [0.29, 0.717) is 0 Å². The van der Waals surface area contributed by atoms with Crippen LogP contribution >= 0.6 is 0 Å². The van der Waals surface area contributed by atoms with Crippen LogP contribution in [0.1, 0.15) is 25.3 Å². The number of benzene rings is 1. The fraction of sp³-hybridized carbons (Fsp3) is 0.455. The van der Waals surface area contributed by atoms with E-state index in [1.54, 1.807) is 0 Å². The van der Waals surface area contributed by atoms with E-state index in [9.17, 15) is 4.39 Å². The minimum absolute atomic E-state index is 0.147. The quantitative estimate of drug-likeness (QED) is 0.740. The molecule has 1 aromatic rings. The number of hydrogen-bond donors (Lipinski definition) is 1. The van der Waals surface area contributed by atoms with Gasteiger partial charge < -0.3 is 5.73 Å². The van der Waals surface area contributed by atoms with Crippen LogP contribution in [0.2, 0.25) is 0 Å². The van der Waals surface area contributed by atoms with Crippen molar-refractivity contribution in [2.24, 2.45) is 5.73 Å². The maximum atomic E-state index is 12.7. The fourth-order valence-electron chi connectivity index (χ4n) is 2.06. The van der Waals surface area contributed by atoms with Crippen molar-refractivity contribution in [3.63, 3.8) is 0 Å². The van der Waals surface area contributed by atoms with E-state index < -0.39 is 0 Å². The second-order valence-corrected chi connectivity index (χ2v) is 3.83. The Morgan fingerprint density at radius 1 is 1.46 bits per heavy atom. The molecule has 1 aromatic carbocycles. The Balaban J connectivity index is 2.31. The van der Waals surface area contributed by atoms with Crippen molar-refractivity contribution in [3.8, 4) is 0 Å². The third-order valence-corrected chi connectivity index (χ3v) is 3.18. The summed E-state index contributed by atoms with van der Waals surface area (Å²) >= 11 is 0. The third kappa shape index (κ3) is 1.25. The Hall–Kier alpha value is -0.890. The number of halogens is 1. The Morgan fingerprint density at radius 3 is 2.38 bits per heavy atom. The van der Waals surface area contributed by atoms with Crippen molar-refractivity contribution >= 4 is 0 Å². The van der Waals surface area contributed by atoms with Gasteiger partial charge in [0.25, 0.3) is 0 Å². The summed E-state index contributed by atoms with van der Waals surface area (Å²) in [7, 11) is 0. The summed E-state index contributed by atoms with van der Waals surface area (Å²) < 4.78 is 12.7. The molecule has 13 heavy (non-hydrogen) atoms. The molecule has 0 aliphatic heterocycles. The average molecular weight is 179 g/mol. The van der Waals surface area contributed by atoms with Gasteiger partial charge in [-0.3, -0.25) is 0 Å². The first-order valence-electron chi connectivity index (χ1n) is 4.70. The molecule has 70 valence electrons. The van der Waals surface area contributed by atoms with Crippen molar-refractivity contribution in [1.82, 2.24) is 0 Å². The van der Waals surface area contributed by atoms with E-state index in [1.807, 2.05) is 12.1 Å². The highest BCUT2D eigenvalue weighted by Crippen LogP contribution is 2.49. The Morgan fingerprint density at radius 2 is 2.00 bits per heavy atom. The average Bonchev–Trinajstić information content (AvgIpc) is 2.79. The zero-order valence-corrected chi connectivity index (χ0v) is 7.76. The van der Waals surface area contributed by atoms with Crippen molar-refractivity contribution in [2.75, 3.05) is 0 Å². The first-order valence-corrected chi connectivity index (χ1v) is 4.70. The zero-order chi connectivity index (χ0) is 9.47. The van der Waals surface area contributed by atoms with Gasteiger partial charge in [-0.2, -0.15) is 0 Å². The van der Waals surface area contributed by atoms with Crippen LogP contribution in [0.4, 0.5) is 4.39 Å². The second kappa shape index (κ2) is 2.81. The molecule has 0 heterocycles. The molecule has 2 N–H and O–H groups in total. The minimum atomic E-state index is -0.177. The van der Waals surface area contributed by atoms with Crippen LogP contribution in [0, 0.1) is 5.82 Å². The summed E-state index contributed by atoms with van der Waals surface area (Å²) in [5.41, 5.74) is 7.22. The van der Waals surface area contributed by atoms with Gasteiger partial charge in [-0.15, -0.1) is 0 Å². The van der Waals surface area contributed by atoms with Gasteiger partial charge >= 0.3 is 0 Å². The molecule has 2 heteroatoms. The molecule has 2 rings (SSSR count). The summed E-state index contributed by atoms with van der Waals surface area (Å²) in [6.45, 7) is 2.14. The first kappa shape index (κ1) is 8.70. The highest BCUT2D eigenvalue weighted by atomic mass is 19.1. The van der Waals surface area contributed by atoms with Crippen LogP contribution in [-0.4, -0.2) is 6.04 Å². The lowest BCUT2D eigenvalue weighted by Crippen LogP contribution is -2.17. The predicted octanol–water partition coefficient (Wildman–Crippen LogP) is 2.20. The number of rotatable bonds is 2. The molecule has 0 aromatic heterocycles. The minimum Gasteiger partial charge on any atom is -0.327 e. The van der Waals surface area contributed by atoms with Crippen LogP contribution < -0.4 is 5.73 Å². The van der Waals surface area contributed by atoms with Gasteiger partial charge in [0.05, 0.1) is 0 Å². The largest absolute Gasteiger partial charge is 0.327 e. The van der Waals surface area contributed by atoms with Gasteiger partial charge in [-0.25, -0.2) is 4.39 Å². The van der Waals surface area contributed by atoms with E-state index in [0.717, 1.165) is 12.8 Å². The Labute approximate surface area is 77.8 Å². The van der Waals surface area contributed by atoms with E-state index in [2.05, 4.69) is 6.92 Å². The van der Waals surface area contributed by atoms with Crippen LogP contribution in [0.5, 0.6) is 0 Å². The van der Waals surface area contributed by atoms with Crippen LogP contribution in [0.15, 0.2) is 24.3 Å². The summed E-state index contributed by atoms with van der Waals surface area (Å²) in [4.78, 5) is 0. The molecule has 1 saturated carbocycles. The lowest BCUT2D eigenvalue weighted by molar-refractivity contribution is 0.612. The van der Waals surface area contributed by atoms with E-state index in [4.69, 9.17) is 5.73 Å².